The van der Waals surface area contributed by atoms with Crippen LogP contribution in [0.4, 0.5) is 0 Å². The van der Waals surface area contributed by atoms with Crippen LogP contribution in [0.2, 0.25) is 0 Å². The highest BCUT2D eigenvalue weighted by Gasteiger charge is 2.35. The Balaban J connectivity index is 2.50. The average molecular weight is 284 g/mol. The molecule has 0 aromatic heterocycles. The molecule has 0 aromatic rings. The van der Waals surface area contributed by atoms with Crippen molar-refractivity contribution in [2.24, 2.45) is 11.8 Å². The number of hydrogen-bond acceptors (Lipinski definition) is 2. The van der Waals surface area contributed by atoms with Crippen LogP contribution in [0.25, 0.3) is 0 Å². The molecule has 0 heterocycles. The summed E-state index contributed by atoms with van der Waals surface area (Å²) >= 11 is 0. The van der Waals surface area contributed by atoms with Crippen LogP contribution in [-0.4, -0.2) is 25.3 Å². The van der Waals surface area contributed by atoms with E-state index in [-0.39, 0.29) is 5.60 Å². The molecule has 0 saturated heterocycles. The first-order chi connectivity index (χ1) is 9.65. The quantitative estimate of drug-likeness (QED) is 0.623. The zero-order valence-corrected chi connectivity index (χ0v) is 14.3. The molecule has 0 radical (unpaired) electrons. The van der Waals surface area contributed by atoms with Crippen molar-refractivity contribution < 1.29 is 4.74 Å². The van der Waals surface area contributed by atoms with Gasteiger partial charge in [-0.05, 0) is 37.6 Å². The van der Waals surface area contributed by atoms with Crippen LogP contribution in [0.15, 0.2) is 0 Å². The van der Waals surface area contributed by atoms with Gasteiger partial charge in [-0.1, -0.05) is 59.8 Å². The molecular formula is C18H37NO. The van der Waals surface area contributed by atoms with Gasteiger partial charge >= 0.3 is 0 Å². The van der Waals surface area contributed by atoms with Gasteiger partial charge in [-0.25, -0.2) is 0 Å². The van der Waals surface area contributed by atoms with Crippen molar-refractivity contribution in [2.75, 3.05) is 19.7 Å². The third kappa shape index (κ3) is 6.13. The molecule has 1 rings (SSSR count). The van der Waals surface area contributed by atoms with Crippen LogP contribution >= 0.6 is 0 Å². The molecule has 1 fully saturated rings. The molecule has 0 aliphatic heterocycles. The van der Waals surface area contributed by atoms with Gasteiger partial charge in [0.15, 0.2) is 0 Å². The lowest BCUT2D eigenvalue weighted by atomic mass is 9.78. The van der Waals surface area contributed by atoms with E-state index in [0.29, 0.717) is 0 Å². The molecule has 0 bridgehead atoms. The topological polar surface area (TPSA) is 21.3 Å². The lowest BCUT2D eigenvalue weighted by Crippen LogP contribution is -2.47. The minimum atomic E-state index is 0.118. The summed E-state index contributed by atoms with van der Waals surface area (Å²) in [4.78, 5) is 0. The van der Waals surface area contributed by atoms with Crippen molar-refractivity contribution in [2.45, 2.75) is 84.7 Å². The fourth-order valence-electron chi connectivity index (χ4n) is 3.50. The van der Waals surface area contributed by atoms with Crippen LogP contribution < -0.4 is 5.32 Å². The second kappa shape index (κ2) is 9.78. The zero-order chi connectivity index (χ0) is 14.8. The molecule has 3 unspecified atom stereocenters. The summed E-state index contributed by atoms with van der Waals surface area (Å²) in [6.07, 6.45) is 10.4. The lowest BCUT2D eigenvalue weighted by molar-refractivity contribution is -0.0924. The van der Waals surface area contributed by atoms with Crippen molar-refractivity contribution in [1.82, 2.24) is 5.32 Å². The molecule has 2 nitrogen and oxygen atoms in total. The van der Waals surface area contributed by atoms with Crippen LogP contribution in [0, 0.1) is 11.8 Å². The van der Waals surface area contributed by atoms with Crippen LogP contribution in [0.3, 0.4) is 0 Å². The minimum absolute atomic E-state index is 0.118. The van der Waals surface area contributed by atoms with Gasteiger partial charge in [0.2, 0.25) is 0 Å². The molecule has 120 valence electrons. The SMILES string of the molecule is CCCCC(CC)COC1(CNCC)CCCC(C)C1. The highest BCUT2D eigenvalue weighted by molar-refractivity contribution is 4.89. The van der Waals surface area contributed by atoms with Crippen LogP contribution in [0.1, 0.15) is 79.1 Å². The molecule has 0 amide bonds. The van der Waals surface area contributed by atoms with Crippen molar-refractivity contribution in [3.8, 4) is 0 Å². The predicted octanol–water partition coefficient (Wildman–Crippen LogP) is 4.78. The smallest absolute Gasteiger partial charge is 0.0808 e. The molecule has 0 aromatic carbocycles. The number of unbranched alkanes of at least 4 members (excludes halogenated alkanes) is 1. The van der Waals surface area contributed by atoms with Gasteiger partial charge in [-0.3, -0.25) is 0 Å². The predicted molar refractivity (Wildman–Crippen MR) is 88.2 cm³/mol. The molecule has 0 spiro atoms. The largest absolute Gasteiger partial charge is 0.373 e. The highest BCUT2D eigenvalue weighted by Crippen LogP contribution is 2.35. The van der Waals surface area contributed by atoms with Gasteiger partial charge < -0.3 is 10.1 Å². The zero-order valence-electron chi connectivity index (χ0n) is 14.3. The fourth-order valence-corrected chi connectivity index (χ4v) is 3.50. The first-order valence-corrected chi connectivity index (χ1v) is 9.00. The average Bonchev–Trinajstić information content (AvgIpc) is 2.45. The third-order valence-corrected chi connectivity index (χ3v) is 4.92. The van der Waals surface area contributed by atoms with Crippen LogP contribution in [-0.2, 0) is 4.74 Å². The number of rotatable bonds is 10. The summed E-state index contributed by atoms with van der Waals surface area (Å²) in [6.45, 7) is 12.2. The summed E-state index contributed by atoms with van der Waals surface area (Å²) < 4.78 is 6.53. The van der Waals surface area contributed by atoms with Crippen molar-refractivity contribution in [1.29, 1.82) is 0 Å². The first-order valence-electron chi connectivity index (χ1n) is 9.00. The number of likely N-dealkylation sites (N-methyl/N-ethyl adjacent to an activating group) is 1. The van der Waals surface area contributed by atoms with E-state index in [9.17, 15) is 0 Å². The van der Waals surface area contributed by atoms with E-state index in [4.69, 9.17) is 4.74 Å². The van der Waals surface area contributed by atoms with Crippen molar-refractivity contribution >= 4 is 0 Å². The Hall–Kier alpha value is -0.0800. The maximum absolute atomic E-state index is 6.53. The second-order valence-corrected chi connectivity index (χ2v) is 6.89. The summed E-state index contributed by atoms with van der Waals surface area (Å²) in [6, 6.07) is 0. The number of hydrogen-bond donors (Lipinski definition) is 1. The lowest BCUT2D eigenvalue weighted by Gasteiger charge is -2.41. The minimum Gasteiger partial charge on any atom is -0.373 e. The normalized spacial score (nSPS) is 28.5. The van der Waals surface area contributed by atoms with Gasteiger partial charge in [0, 0.05) is 6.54 Å². The Morgan fingerprint density at radius 1 is 1.30 bits per heavy atom. The van der Waals surface area contributed by atoms with E-state index in [1.54, 1.807) is 0 Å². The van der Waals surface area contributed by atoms with E-state index >= 15 is 0 Å². The first kappa shape index (κ1) is 18.0. The second-order valence-electron chi connectivity index (χ2n) is 6.89. The molecular weight excluding hydrogens is 246 g/mol. The Labute approximate surface area is 127 Å². The van der Waals surface area contributed by atoms with E-state index in [0.717, 1.165) is 31.5 Å². The summed E-state index contributed by atoms with van der Waals surface area (Å²) in [7, 11) is 0. The monoisotopic (exact) mass is 283 g/mol. The van der Waals surface area contributed by atoms with Gasteiger partial charge in [0.1, 0.15) is 0 Å². The highest BCUT2D eigenvalue weighted by atomic mass is 16.5. The van der Waals surface area contributed by atoms with E-state index in [2.05, 4.69) is 33.0 Å². The molecule has 1 aliphatic rings. The van der Waals surface area contributed by atoms with E-state index in [1.165, 1.54) is 51.4 Å². The standard InChI is InChI=1S/C18H37NO/c1-5-8-11-17(6-2)14-20-18(15-19-7-3)12-9-10-16(4)13-18/h16-17,19H,5-15H2,1-4H3. The summed E-state index contributed by atoms with van der Waals surface area (Å²) in [5, 5.41) is 3.54. The van der Waals surface area contributed by atoms with E-state index < -0.39 is 0 Å². The molecule has 1 aliphatic carbocycles. The van der Waals surface area contributed by atoms with Crippen molar-refractivity contribution in [3.63, 3.8) is 0 Å². The maximum atomic E-state index is 6.53. The Morgan fingerprint density at radius 3 is 2.70 bits per heavy atom. The number of nitrogens with one attached hydrogen (secondary N) is 1. The Kier molecular flexibility index (Phi) is 8.79. The van der Waals surface area contributed by atoms with Crippen LogP contribution in [0.5, 0.6) is 0 Å². The molecule has 1 saturated carbocycles. The molecule has 20 heavy (non-hydrogen) atoms. The molecule has 3 atom stereocenters. The van der Waals surface area contributed by atoms with Crippen molar-refractivity contribution in [3.05, 3.63) is 0 Å². The van der Waals surface area contributed by atoms with E-state index in [1.807, 2.05) is 0 Å². The Bertz CT molecular complexity index is 244. The summed E-state index contributed by atoms with van der Waals surface area (Å²) in [5.41, 5.74) is 0.118. The molecule has 2 heteroatoms. The molecule has 1 N–H and O–H groups in total. The van der Waals surface area contributed by atoms with Gasteiger partial charge in [-0.15, -0.1) is 0 Å². The fraction of sp³-hybridized carbons (Fsp3) is 1.00. The Morgan fingerprint density at radius 2 is 2.10 bits per heavy atom. The van der Waals surface area contributed by atoms with Gasteiger partial charge in [0.05, 0.1) is 12.2 Å². The van der Waals surface area contributed by atoms with Gasteiger partial charge in [-0.2, -0.15) is 0 Å². The van der Waals surface area contributed by atoms with Gasteiger partial charge in [0.25, 0.3) is 0 Å². The third-order valence-electron chi connectivity index (χ3n) is 4.92. The summed E-state index contributed by atoms with van der Waals surface area (Å²) in [5.74, 6) is 1.57. The maximum Gasteiger partial charge on any atom is 0.0808 e. The number of ether oxygens (including phenoxy) is 1.